The second-order valence-corrected chi connectivity index (χ2v) is 21.6. The summed E-state index contributed by atoms with van der Waals surface area (Å²) < 4.78 is 1.51. The van der Waals surface area contributed by atoms with E-state index in [1.54, 1.807) is 48.5 Å². The second kappa shape index (κ2) is 32.9. The van der Waals surface area contributed by atoms with Crippen molar-refractivity contribution < 1.29 is 29.4 Å². The molecule has 4 unspecified atom stereocenters. The predicted molar refractivity (Wildman–Crippen MR) is 318 cm³/mol. The lowest BCUT2D eigenvalue weighted by atomic mass is 9.95. The molecule has 0 saturated heterocycles. The Bertz CT molecular complexity index is 2660. The van der Waals surface area contributed by atoms with Gasteiger partial charge in [-0.1, -0.05) is 145 Å². The van der Waals surface area contributed by atoms with E-state index in [0.29, 0.717) is 61.0 Å². The van der Waals surface area contributed by atoms with Crippen LogP contribution < -0.4 is 22.6 Å². The molecule has 438 valence electrons. The molecule has 80 heavy (non-hydrogen) atoms. The molecule has 2 aromatic carbocycles. The van der Waals surface area contributed by atoms with Crippen molar-refractivity contribution in [3.63, 3.8) is 0 Å². The maximum Gasteiger partial charge on any atom is 0.266 e. The van der Waals surface area contributed by atoms with E-state index in [1.165, 1.54) is 13.8 Å². The Morgan fingerprint density at radius 3 is 1.06 bits per heavy atom. The molecule has 0 aliphatic heterocycles. The molecule has 4 aromatic rings. The number of aromatic hydroxyl groups is 2. The molecule has 0 saturated carbocycles. The lowest BCUT2D eigenvalue weighted by molar-refractivity contribution is 0.0678. The molecular weight excluding hydrogens is 1010 g/mol. The molecular formula is C62H92N10O8. The highest BCUT2D eigenvalue weighted by atomic mass is 16.3. The van der Waals surface area contributed by atoms with Crippen LogP contribution in [0.25, 0.3) is 0 Å². The van der Waals surface area contributed by atoms with Gasteiger partial charge in [-0.2, -0.15) is 10.2 Å². The summed E-state index contributed by atoms with van der Waals surface area (Å²) in [5, 5.41) is 40.8. The van der Waals surface area contributed by atoms with E-state index in [1.807, 2.05) is 9.80 Å². The standard InChI is InChI=1S/C62H92N10O8/c1-11-19-25-43(15-5)37-69(38-44(16-6)26-20-12-2)57(75)47-29-23-31-49(35-47)65-67-53-41(9)51(55(63)73)59(77)71(61(53)79)33-34-72-60(78)52(56(64)74)42(10)54(62(72)80)68-66-50-32-24-30-48(36-50)58(76)70(39-45(17-7)27-21-13-3)40-46(18-8)28-22-14-4/h23-24,29-32,35-36,43-46,79-80H,11-22,25-28,33-34,37-40H2,1-10H3,(H2,63,73)(H2,64,74)/b67-65+,68-66+. The van der Waals surface area contributed by atoms with Gasteiger partial charge in [0.15, 0.2) is 0 Å². The van der Waals surface area contributed by atoms with Gasteiger partial charge in [0.05, 0.1) is 11.4 Å². The lowest BCUT2D eigenvalue weighted by Gasteiger charge is -2.31. The maximum absolute atomic E-state index is 14.4. The van der Waals surface area contributed by atoms with Gasteiger partial charge in [-0.25, -0.2) is 0 Å². The Morgan fingerprint density at radius 1 is 0.500 bits per heavy atom. The fraction of sp³-hybridized carbons (Fsp3) is 0.581. The van der Waals surface area contributed by atoms with Crippen LogP contribution in [0.5, 0.6) is 11.8 Å². The number of rotatable bonds is 35. The van der Waals surface area contributed by atoms with Gasteiger partial charge in [-0.3, -0.25) is 37.9 Å². The number of carbonyl (C=O) groups excluding carboxylic acids is 4. The molecule has 0 fully saturated rings. The van der Waals surface area contributed by atoms with Crippen LogP contribution in [0.15, 0.2) is 78.6 Å². The molecule has 18 nitrogen and oxygen atoms in total. The average Bonchev–Trinajstić information content (AvgIpc) is 3.46. The molecule has 0 aliphatic carbocycles. The number of aromatic nitrogens is 2. The molecule has 0 spiro atoms. The number of hydrogen-bond donors (Lipinski definition) is 4. The van der Waals surface area contributed by atoms with Gasteiger partial charge in [0.2, 0.25) is 11.8 Å². The van der Waals surface area contributed by atoms with Gasteiger partial charge in [-0.05, 0) is 99.6 Å². The maximum atomic E-state index is 14.4. The molecule has 18 heteroatoms. The van der Waals surface area contributed by atoms with Crippen LogP contribution in [-0.4, -0.2) is 79.0 Å². The minimum atomic E-state index is -1.12. The zero-order valence-electron chi connectivity index (χ0n) is 49.6. The van der Waals surface area contributed by atoms with Crippen molar-refractivity contribution in [2.75, 3.05) is 26.2 Å². The van der Waals surface area contributed by atoms with E-state index in [4.69, 9.17) is 11.5 Å². The molecule has 6 N–H and O–H groups in total. The highest BCUT2D eigenvalue weighted by molar-refractivity contribution is 5.97. The van der Waals surface area contributed by atoms with Crippen molar-refractivity contribution in [2.45, 2.75) is 185 Å². The number of amides is 4. The highest BCUT2D eigenvalue weighted by Gasteiger charge is 2.28. The summed E-state index contributed by atoms with van der Waals surface area (Å²) in [7, 11) is 0. The summed E-state index contributed by atoms with van der Waals surface area (Å²) >= 11 is 0. The Kier molecular flexibility index (Phi) is 27.0. The van der Waals surface area contributed by atoms with E-state index in [2.05, 4.69) is 75.8 Å². The van der Waals surface area contributed by atoms with Gasteiger partial charge >= 0.3 is 0 Å². The molecule has 2 aromatic heterocycles. The topological polar surface area (TPSA) is 261 Å². The normalized spacial score (nSPS) is 13.2. The molecule has 4 amide bonds. The Morgan fingerprint density at radius 2 is 0.800 bits per heavy atom. The van der Waals surface area contributed by atoms with Crippen LogP contribution in [0.4, 0.5) is 22.7 Å². The zero-order chi connectivity index (χ0) is 59.1. The SMILES string of the molecule is CCCCC(CC)CN(CC(CC)CCCC)C(=O)c1cccc(/N=N/c2c(C)c(C(N)=O)c(=O)n(CCn3c(O)c(/N=N/c4cccc(C(=O)N(CC(CC)CCCC)CC(CC)CCCC)c4)c(C)c(C(N)=O)c3=O)c2O)c1. The quantitative estimate of drug-likeness (QED) is 0.0321. The van der Waals surface area contributed by atoms with Crippen molar-refractivity contribution in [3.05, 3.63) is 103 Å². The largest absolute Gasteiger partial charge is 0.493 e. The van der Waals surface area contributed by atoms with Crippen LogP contribution in [0.1, 0.15) is 211 Å². The van der Waals surface area contributed by atoms with Gasteiger partial charge in [0, 0.05) is 61.5 Å². The first kappa shape index (κ1) is 65.5. The first-order chi connectivity index (χ1) is 38.3. The van der Waals surface area contributed by atoms with Gasteiger partial charge < -0.3 is 31.5 Å². The highest BCUT2D eigenvalue weighted by Crippen LogP contribution is 2.35. The fourth-order valence-electron chi connectivity index (χ4n) is 10.4. The van der Waals surface area contributed by atoms with Crippen molar-refractivity contribution in [1.29, 1.82) is 0 Å². The third kappa shape index (κ3) is 17.8. The second-order valence-electron chi connectivity index (χ2n) is 21.6. The summed E-state index contributed by atoms with van der Waals surface area (Å²) in [6.45, 7) is 21.4. The van der Waals surface area contributed by atoms with E-state index in [0.717, 1.165) is 112 Å². The molecule has 4 atom stereocenters. The number of nitrogens with two attached hydrogens (primary N) is 2. The number of primary amides is 2. The minimum absolute atomic E-state index is 0.0735. The van der Waals surface area contributed by atoms with E-state index < -0.39 is 58.9 Å². The summed E-state index contributed by atoms with van der Waals surface area (Å²) in [6.07, 6.45) is 16.5. The molecule has 0 radical (unpaired) electrons. The third-order valence-corrected chi connectivity index (χ3v) is 15.7. The predicted octanol–water partition coefficient (Wildman–Crippen LogP) is 13.5. The van der Waals surface area contributed by atoms with E-state index >= 15 is 0 Å². The Labute approximate surface area is 474 Å². The van der Waals surface area contributed by atoms with E-state index in [-0.39, 0.29) is 45.7 Å². The average molecular weight is 1110 g/mol. The smallest absolute Gasteiger partial charge is 0.266 e. The summed E-state index contributed by atoms with van der Waals surface area (Å²) in [5.74, 6) is -2.60. The summed E-state index contributed by atoms with van der Waals surface area (Å²) in [6, 6.07) is 13.3. The van der Waals surface area contributed by atoms with E-state index in [9.17, 15) is 39.0 Å². The minimum Gasteiger partial charge on any atom is -0.493 e. The van der Waals surface area contributed by atoms with Crippen LogP contribution in [0.3, 0.4) is 0 Å². The van der Waals surface area contributed by atoms with Crippen molar-refractivity contribution >= 4 is 46.4 Å². The van der Waals surface area contributed by atoms with Gasteiger partial charge in [0.25, 0.3) is 34.7 Å². The number of hydrogen-bond acceptors (Lipinski definition) is 12. The van der Waals surface area contributed by atoms with Gasteiger partial charge in [0.1, 0.15) is 22.5 Å². The number of carbonyl (C=O) groups is 4. The lowest BCUT2D eigenvalue weighted by Crippen LogP contribution is -2.39. The van der Waals surface area contributed by atoms with Crippen molar-refractivity contribution in [1.82, 2.24) is 18.9 Å². The Hall–Kier alpha value is -6.98. The van der Waals surface area contributed by atoms with Gasteiger partial charge in [-0.15, -0.1) is 10.2 Å². The number of benzene rings is 2. The molecule has 2 heterocycles. The molecule has 0 bridgehead atoms. The summed E-state index contributed by atoms with van der Waals surface area (Å²) in [5.41, 5.74) is 9.01. The molecule has 0 aliphatic rings. The van der Waals surface area contributed by atoms with Crippen LogP contribution in [0, 0.1) is 37.5 Å². The van der Waals surface area contributed by atoms with Crippen LogP contribution >= 0.6 is 0 Å². The first-order valence-electron chi connectivity index (χ1n) is 29.5. The molecule has 4 rings (SSSR count). The number of unbranched alkanes of at least 4 members (excludes halogenated alkanes) is 4. The van der Waals surface area contributed by atoms with Crippen molar-refractivity contribution in [2.24, 2.45) is 55.6 Å². The number of pyridine rings is 2. The first-order valence-corrected chi connectivity index (χ1v) is 29.5. The van der Waals surface area contributed by atoms with Crippen molar-refractivity contribution in [3.8, 4) is 11.8 Å². The number of nitrogens with zero attached hydrogens (tertiary/aromatic N) is 8. The third-order valence-electron chi connectivity index (χ3n) is 15.7. The Balaban J connectivity index is 1.73. The monoisotopic (exact) mass is 1100 g/mol. The summed E-state index contributed by atoms with van der Waals surface area (Å²) in [4.78, 5) is 86.4. The fourth-order valence-corrected chi connectivity index (χ4v) is 10.4. The van der Waals surface area contributed by atoms with Crippen LogP contribution in [0.2, 0.25) is 0 Å². The number of azo groups is 2. The van der Waals surface area contributed by atoms with Crippen LogP contribution in [-0.2, 0) is 13.1 Å². The zero-order valence-corrected chi connectivity index (χ0v) is 49.6.